The van der Waals surface area contributed by atoms with Crippen LogP contribution in [0.1, 0.15) is 23.4 Å². The van der Waals surface area contributed by atoms with E-state index < -0.39 is 0 Å². The zero-order valence-electron chi connectivity index (χ0n) is 14.6. The van der Waals surface area contributed by atoms with E-state index in [2.05, 4.69) is 9.97 Å². The van der Waals surface area contributed by atoms with Gasteiger partial charge in [0, 0.05) is 35.7 Å². The SMILES string of the molecule is Cc1ccnc(OC2CCOC3(C2)CN(C(=O)/C=C/c2cccs2)C3)n1. The first-order valence-corrected chi connectivity index (χ1v) is 9.61. The van der Waals surface area contributed by atoms with E-state index >= 15 is 0 Å². The predicted molar refractivity (Wildman–Crippen MR) is 99.0 cm³/mol. The second-order valence-electron chi connectivity index (χ2n) is 6.79. The van der Waals surface area contributed by atoms with Crippen LogP contribution in [0.5, 0.6) is 6.01 Å². The van der Waals surface area contributed by atoms with Gasteiger partial charge in [-0.3, -0.25) is 4.79 Å². The molecule has 4 rings (SSSR count). The van der Waals surface area contributed by atoms with E-state index in [0.29, 0.717) is 25.7 Å². The maximum absolute atomic E-state index is 12.3. The van der Waals surface area contributed by atoms with Gasteiger partial charge in [0.05, 0.1) is 19.7 Å². The first kappa shape index (κ1) is 17.2. The second kappa shape index (κ2) is 7.17. The smallest absolute Gasteiger partial charge is 0.316 e. The molecule has 2 aliphatic heterocycles. The van der Waals surface area contributed by atoms with Gasteiger partial charge in [-0.1, -0.05) is 6.07 Å². The Labute approximate surface area is 156 Å². The lowest BCUT2D eigenvalue weighted by Crippen LogP contribution is -2.67. The molecule has 136 valence electrons. The number of thiophene rings is 1. The Kier molecular flexibility index (Phi) is 4.74. The first-order chi connectivity index (χ1) is 12.6. The van der Waals surface area contributed by atoms with Crippen molar-refractivity contribution < 1.29 is 14.3 Å². The number of amides is 1. The maximum atomic E-state index is 12.3. The quantitative estimate of drug-likeness (QED) is 0.773. The van der Waals surface area contributed by atoms with Crippen molar-refractivity contribution in [2.24, 2.45) is 0 Å². The lowest BCUT2D eigenvalue weighted by molar-refractivity contribution is -0.190. The molecule has 7 heteroatoms. The number of likely N-dealkylation sites (tertiary alicyclic amines) is 1. The van der Waals surface area contributed by atoms with Crippen molar-refractivity contribution in [2.45, 2.75) is 31.5 Å². The number of rotatable bonds is 4. The standard InChI is InChI=1S/C19H21N3O3S/c1-14-6-8-20-18(21-14)25-15-7-9-24-19(11-15)12-22(13-19)17(23)5-4-16-3-2-10-26-16/h2-6,8,10,15H,7,9,11-13H2,1H3/b5-4+. The Morgan fingerprint density at radius 1 is 1.46 bits per heavy atom. The normalized spacial score (nSPS) is 21.7. The third-order valence-electron chi connectivity index (χ3n) is 4.70. The highest BCUT2D eigenvalue weighted by molar-refractivity contribution is 7.10. The fourth-order valence-electron chi connectivity index (χ4n) is 3.39. The van der Waals surface area contributed by atoms with Crippen LogP contribution >= 0.6 is 11.3 Å². The highest BCUT2D eigenvalue weighted by atomic mass is 32.1. The van der Waals surface area contributed by atoms with Crippen LogP contribution in [0.4, 0.5) is 0 Å². The fraction of sp³-hybridized carbons (Fsp3) is 0.421. The number of ether oxygens (including phenoxy) is 2. The summed E-state index contributed by atoms with van der Waals surface area (Å²) < 4.78 is 11.9. The van der Waals surface area contributed by atoms with E-state index in [1.54, 1.807) is 23.6 Å². The van der Waals surface area contributed by atoms with Crippen LogP contribution in [-0.4, -0.2) is 52.2 Å². The average molecular weight is 371 g/mol. The van der Waals surface area contributed by atoms with Crippen molar-refractivity contribution in [2.75, 3.05) is 19.7 Å². The molecule has 1 atom stereocenters. The molecule has 4 heterocycles. The molecule has 0 saturated carbocycles. The molecule has 2 saturated heterocycles. The Morgan fingerprint density at radius 2 is 2.35 bits per heavy atom. The summed E-state index contributed by atoms with van der Waals surface area (Å²) in [6.45, 7) is 3.76. The van der Waals surface area contributed by atoms with Gasteiger partial charge < -0.3 is 14.4 Å². The van der Waals surface area contributed by atoms with E-state index in [0.717, 1.165) is 23.4 Å². The molecule has 0 N–H and O–H groups in total. The second-order valence-corrected chi connectivity index (χ2v) is 7.77. The van der Waals surface area contributed by atoms with Crippen molar-refractivity contribution in [1.82, 2.24) is 14.9 Å². The molecular formula is C19H21N3O3S. The van der Waals surface area contributed by atoms with Crippen LogP contribution in [0.25, 0.3) is 6.08 Å². The summed E-state index contributed by atoms with van der Waals surface area (Å²) in [6.07, 6.45) is 6.78. The van der Waals surface area contributed by atoms with Crippen molar-refractivity contribution in [3.05, 3.63) is 46.4 Å². The van der Waals surface area contributed by atoms with E-state index in [9.17, 15) is 4.79 Å². The summed E-state index contributed by atoms with van der Waals surface area (Å²) in [4.78, 5) is 23.7. The van der Waals surface area contributed by atoms with E-state index in [1.807, 2.05) is 41.5 Å². The van der Waals surface area contributed by atoms with Gasteiger partial charge in [-0.15, -0.1) is 11.3 Å². The minimum atomic E-state index is -0.292. The van der Waals surface area contributed by atoms with E-state index in [4.69, 9.17) is 9.47 Å². The monoisotopic (exact) mass is 371 g/mol. The summed E-state index contributed by atoms with van der Waals surface area (Å²) in [5.74, 6) is 0.0256. The van der Waals surface area contributed by atoms with Crippen LogP contribution in [0.3, 0.4) is 0 Å². The van der Waals surface area contributed by atoms with Gasteiger partial charge in [0.25, 0.3) is 0 Å². The Hall–Kier alpha value is -2.25. The molecule has 0 radical (unpaired) electrons. The number of aromatic nitrogens is 2. The Morgan fingerprint density at radius 3 is 3.12 bits per heavy atom. The maximum Gasteiger partial charge on any atom is 0.316 e. The van der Waals surface area contributed by atoms with Crippen LogP contribution in [0.2, 0.25) is 0 Å². The molecule has 2 aromatic heterocycles. The van der Waals surface area contributed by atoms with Gasteiger partial charge in [-0.25, -0.2) is 9.97 Å². The van der Waals surface area contributed by atoms with E-state index in [-0.39, 0.29) is 17.6 Å². The third kappa shape index (κ3) is 3.78. The molecule has 1 amide bonds. The minimum absolute atomic E-state index is 0.0180. The molecule has 6 nitrogen and oxygen atoms in total. The number of carbonyl (C=O) groups is 1. The molecule has 2 aliphatic rings. The first-order valence-electron chi connectivity index (χ1n) is 8.73. The lowest BCUT2D eigenvalue weighted by Gasteiger charge is -2.52. The molecule has 2 aromatic rings. The highest BCUT2D eigenvalue weighted by Gasteiger charge is 2.49. The van der Waals surface area contributed by atoms with Gasteiger partial charge in [0.1, 0.15) is 11.7 Å². The van der Waals surface area contributed by atoms with Crippen LogP contribution in [0.15, 0.2) is 35.9 Å². The van der Waals surface area contributed by atoms with E-state index in [1.165, 1.54) is 0 Å². The summed E-state index contributed by atoms with van der Waals surface area (Å²) in [5.41, 5.74) is 0.592. The third-order valence-corrected chi connectivity index (χ3v) is 5.53. The van der Waals surface area contributed by atoms with Crippen LogP contribution in [0, 0.1) is 6.92 Å². The molecule has 1 spiro atoms. The number of carbonyl (C=O) groups excluding carboxylic acids is 1. The Bertz CT molecular complexity index is 800. The molecule has 0 aromatic carbocycles. The summed E-state index contributed by atoms with van der Waals surface area (Å²) in [7, 11) is 0. The van der Waals surface area contributed by atoms with Gasteiger partial charge in [0.2, 0.25) is 5.91 Å². The molecular weight excluding hydrogens is 350 g/mol. The van der Waals surface area contributed by atoms with Crippen molar-refractivity contribution in [3.63, 3.8) is 0 Å². The van der Waals surface area contributed by atoms with Crippen LogP contribution in [-0.2, 0) is 9.53 Å². The minimum Gasteiger partial charge on any atom is -0.460 e. The number of nitrogens with zero attached hydrogens (tertiary/aromatic N) is 3. The fourth-order valence-corrected chi connectivity index (χ4v) is 4.00. The molecule has 0 aliphatic carbocycles. The molecule has 2 fully saturated rings. The summed E-state index contributed by atoms with van der Waals surface area (Å²) >= 11 is 1.62. The molecule has 1 unspecified atom stereocenters. The highest BCUT2D eigenvalue weighted by Crippen LogP contribution is 2.35. The van der Waals surface area contributed by atoms with Gasteiger partial charge >= 0.3 is 6.01 Å². The van der Waals surface area contributed by atoms with Crippen molar-refractivity contribution in [1.29, 1.82) is 0 Å². The molecule has 26 heavy (non-hydrogen) atoms. The zero-order valence-corrected chi connectivity index (χ0v) is 15.4. The molecule has 0 bridgehead atoms. The summed E-state index contributed by atoms with van der Waals surface area (Å²) in [5, 5.41) is 2.00. The van der Waals surface area contributed by atoms with Crippen molar-refractivity contribution >= 4 is 23.3 Å². The average Bonchev–Trinajstić information content (AvgIpc) is 3.11. The van der Waals surface area contributed by atoms with Crippen molar-refractivity contribution in [3.8, 4) is 6.01 Å². The zero-order chi connectivity index (χ0) is 18.0. The number of aryl methyl sites for hydroxylation is 1. The number of hydrogen-bond acceptors (Lipinski definition) is 6. The Balaban J connectivity index is 1.32. The van der Waals surface area contributed by atoms with Gasteiger partial charge in [-0.05, 0) is 30.5 Å². The summed E-state index contributed by atoms with van der Waals surface area (Å²) in [6, 6.07) is 6.22. The predicted octanol–water partition coefficient (Wildman–Crippen LogP) is 2.70. The lowest BCUT2D eigenvalue weighted by atomic mass is 9.84. The topological polar surface area (TPSA) is 64.6 Å². The largest absolute Gasteiger partial charge is 0.460 e. The number of hydrogen-bond donors (Lipinski definition) is 0. The van der Waals surface area contributed by atoms with Crippen LogP contribution < -0.4 is 4.74 Å². The van der Waals surface area contributed by atoms with Gasteiger partial charge in [-0.2, -0.15) is 0 Å². The van der Waals surface area contributed by atoms with Gasteiger partial charge in [0.15, 0.2) is 0 Å².